The molecule has 0 amide bonds. The molecule has 0 spiro atoms. The molecule has 0 aliphatic rings. The van der Waals surface area contributed by atoms with E-state index < -0.39 is 0 Å². The standard InChI is InChI=1S/C6H9N4/c1-3-5-6(8-7)4-10(2)9-5/h4H,3H2,1-2H3/q+1. The molecule has 0 unspecified atom stereocenters. The fourth-order valence-electron chi connectivity index (χ4n) is 0.857. The zero-order valence-corrected chi connectivity index (χ0v) is 6.07. The molecule has 0 aliphatic heterocycles. The highest BCUT2D eigenvalue weighted by Gasteiger charge is 2.15. The topological polar surface area (TPSA) is 46.0 Å². The summed E-state index contributed by atoms with van der Waals surface area (Å²) in [7, 11) is 1.80. The van der Waals surface area contributed by atoms with Crippen molar-refractivity contribution in [2.45, 2.75) is 13.3 Å². The first-order valence-electron chi connectivity index (χ1n) is 3.15. The van der Waals surface area contributed by atoms with E-state index in [0.29, 0.717) is 5.69 Å². The second kappa shape index (κ2) is 2.48. The summed E-state index contributed by atoms with van der Waals surface area (Å²) in [4.78, 5) is 3.08. The summed E-state index contributed by atoms with van der Waals surface area (Å²) in [6.45, 7) is 1.97. The van der Waals surface area contributed by atoms with Crippen LogP contribution in [0.4, 0.5) is 5.69 Å². The fraction of sp³-hybridized carbons (Fsp3) is 0.500. The van der Waals surface area contributed by atoms with E-state index in [4.69, 9.17) is 5.39 Å². The lowest BCUT2D eigenvalue weighted by Gasteiger charge is -1.81. The normalized spacial score (nSPS) is 9.30. The highest BCUT2D eigenvalue weighted by Crippen LogP contribution is 2.16. The van der Waals surface area contributed by atoms with Crippen molar-refractivity contribution in [3.05, 3.63) is 16.9 Å². The molecule has 0 bridgehead atoms. The number of rotatable bonds is 1. The SMILES string of the molecule is CCc1nn(C)cc1[N+]#N. The maximum atomic E-state index is 8.43. The first kappa shape index (κ1) is 6.75. The number of hydrogen-bond donors (Lipinski definition) is 0. The van der Waals surface area contributed by atoms with Crippen LogP contribution in [0.25, 0.3) is 4.98 Å². The second-order valence-electron chi connectivity index (χ2n) is 2.09. The molecule has 0 atom stereocenters. The average molecular weight is 137 g/mol. The van der Waals surface area contributed by atoms with Gasteiger partial charge >= 0.3 is 5.69 Å². The van der Waals surface area contributed by atoms with Crippen molar-refractivity contribution >= 4 is 5.69 Å². The van der Waals surface area contributed by atoms with Crippen LogP contribution in [0.2, 0.25) is 0 Å². The van der Waals surface area contributed by atoms with Crippen LogP contribution >= 0.6 is 0 Å². The number of aromatic nitrogens is 2. The average Bonchev–Trinajstić information content (AvgIpc) is 2.30. The molecule has 0 N–H and O–H groups in total. The monoisotopic (exact) mass is 137 g/mol. The maximum Gasteiger partial charge on any atom is 0.425 e. The Bertz CT molecular complexity index is 268. The van der Waals surface area contributed by atoms with Gasteiger partial charge in [0.15, 0.2) is 10.7 Å². The fourth-order valence-corrected chi connectivity index (χ4v) is 0.857. The number of diazo groups is 1. The third-order valence-corrected chi connectivity index (χ3v) is 1.33. The molecule has 0 aromatic carbocycles. The quantitative estimate of drug-likeness (QED) is 0.550. The second-order valence-corrected chi connectivity index (χ2v) is 2.09. The Kier molecular flexibility index (Phi) is 1.67. The van der Waals surface area contributed by atoms with E-state index >= 15 is 0 Å². The lowest BCUT2D eigenvalue weighted by atomic mass is 10.3. The Morgan fingerprint density at radius 2 is 2.50 bits per heavy atom. The highest BCUT2D eigenvalue weighted by molar-refractivity contribution is 5.46. The van der Waals surface area contributed by atoms with Crippen molar-refractivity contribution < 1.29 is 0 Å². The third kappa shape index (κ3) is 0.982. The Morgan fingerprint density at radius 3 is 2.90 bits per heavy atom. The minimum atomic E-state index is 0.560. The van der Waals surface area contributed by atoms with Crippen LogP contribution in [-0.4, -0.2) is 9.78 Å². The van der Waals surface area contributed by atoms with E-state index in [1.807, 2.05) is 6.92 Å². The zero-order valence-electron chi connectivity index (χ0n) is 6.07. The van der Waals surface area contributed by atoms with E-state index in [1.165, 1.54) is 0 Å². The smallest absolute Gasteiger partial charge is 0.267 e. The predicted octanol–water partition coefficient (Wildman–Crippen LogP) is 1.47. The molecule has 0 aliphatic carbocycles. The minimum Gasteiger partial charge on any atom is -0.267 e. The van der Waals surface area contributed by atoms with Crippen molar-refractivity contribution in [1.29, 1.82) is 5.39 Å². The minimum absolute atomic E-state index is 0.560. The van der Waals surface area contributed by atoms with Gasteiger partial charge in [-0.2, -0.15) is 5.10 Å². The van der Waals surface area contributed by atoms with Gasteiger partial charge in [-0.25, -0.2) is 0 Å². The molecule has 1 heterocycles. The summed E-state index contributed by atoms with van der Waals surface area (Å²) < 4.78 is 1.63. The van der Waals surface area contributed by atoms with Crippen molar-refractivity contribution in [3.63, 3.8) is 0 Å². The molecule has 1 rings (SSSR count). The number of hydrogen-bond acceptors (Lipinski definition) is 2. The molecule has 52 valence electrons. The Labute approximate surface area is 59.1 Å². The van der Waals surface area contributed by atoms with Crippen LogP contribution in [0.5, 0.6) is 0 Å². The van der Waals surface area contributed by atoms with Gasteiger partial charge in [0.2, 0.25) is 5.39 Å². The van der Waals surface area contributed by atoms with Crippen LogP contribution in [0.3, 0.4) is 0 Å². The van der Waals surface area contributed by atoms with E-state index in [9.17, 15) is 0 Å². The molecule has 10 heavy (non-hydrogen) atoms. The molecule has 0 saturated heterocycles. The van der Waals surface area contributed by atoms with Crippen LogP contribution in [0.15, 0.2) is 6.20 Å². The summed E-state index contributed by atoms with van der Waals surface area (Å²) in [5.41, 5.74) is 1.38. The predicted molar refractivity (Wildman–Crippen MR) is 37.3 cm³/mol. The lowest BCUT2D eigenvalue weighted by molar-refractivity contribution is 0.746. The Morgan fingerprint density at radius 1 is 1.80 bits per heavy atom. The molecule has 1 aromatic heterocycles. The number of aryl methyl sites for hydroxylation is 2. The van der Waals surface area contributed by atoms with Gasteiger partial charge in [-0.3, -0.25) is 4.68 Å². The highest BCUT2D eigenvalue weighted by atomic mass is 15.3. The van der Waals surface area contributed by atoms with Crippen LogP contribution < -0.4 is 0 Å². The lowest BCUT2D eigenvalue weighted by Crippen LogP contribution is -1.88. The van der Waals surface area contributed by atoms with Gasteiger partial charge in [-0.1, -0.05) is 6.92 Å². The largest absolute Gasteiger partial charge is 0.425 e. The summed E-state index contributed by atoms with van der Waals surface area (Å²) in [5.74, 6) is 0. The van der Waals surface area contributed by atoms with Gasteiger partial charge in [0.05, 0.1) is 0 Å². The maximum absolute atomic E-state index is 8.43. The summed E-state index contributed by atoms with van der Waals surface area (Å²) in [6, 6.07) is 0. The van der Waals surface area contributed by atoms with Crippen molar-refractivity contribution in [2.24, 2.45) is 7.05 Å². The first-order valence-corrected chi connectivity index (χ1v) is 3.15. The molecular weight excluding hydrogens is 128 g/mol. The van der Waals surface area contributed by atoms with Crippen molar-refractivity contribution in [3.8, 4) is 0 Å². The van der Waals surface area contributed by atoms with E-state index in [2.05, 4.69) is 10.1 Å². The molecular formula is C6H9N4+. The summed E-state index contributed by atoms with van der Waals surface area (Å²) in [5, 5.41) is 12.5. The van der Waals surface area contributed by atoms with Gasteiger partial charge < -0.3 is 0 Å². The van der Waals surface area contributed by atoms with Crippen LogP contribution in [0.1, 0.15) is 12.6 Å². The van der Waals surface area contributed by atoms with Crippen molar-refractivity contribution in [2.75, 3.05) is 0 Å². The third-order valence-electron chi connectivity index (χ3n) is 1.33. The van der Waals surface area contributed by atoms with E-state index in [1.54, 1.807) is 17.9 Å². The molecule has 4 heteroatoms. The molecule has 4 nitrogen and oxygen atoms in total. The summed E-state index contributed by atoms with van der Waals surface area (Å²) >= 11 is 0. The molecule has 1 aromatic rings. The van der Waals surface area contributed by atoms with Crippen LogP contribution in [0, 0.1) is 5.39 Å². The van der Waals surface area contributed by atoms with Crippen LogP contribution in [-0.2, 0) is 13.5 Å². The van der Waals surface area contributed by atoms with E-state index in [-0.39, 0.29) is 0 Å². The van der Waals surface area contributed by atoms with Gasteiger partial charge in [0.25, 0.3) is 0 Å². The first-order chi connectivity index (χ1) is 4.77. The van der Waals surface area contributed by atoms with Crippen molar-refractivity contribution in [1.82, 2.24) is 9.78 Å². The van der Waals surface area contributed by atoms with E-state index in [0.717, 1.165) is 12.1 Å². The zero-order chi connectivity index (χ0) is 7.56. The van der Waals surface area contributed by atoms with Gasteiger partial charge in [0, 0.05) is 7.05 Å². The Balaban J connectivity index is 3.12. The summed E-state index contributed by atoms with van der Waals surface area (Å²) in [6.07, 6.45) is 2.47. The van der Waals surface area contributed by atoms with Gasteiger partial charge in [-0.15, -0.1) is 0 Å². The van der Waals surface area contributed by atoms with Gasteiger partial charge in [0.1, 0.15) is 6.20 Å². The molecule has 0 fully saturated rings. The Hall–Kier alpha value is -1.37. The number of nitrogens with zero attached hydrogens (tertiary/aromatic N) is 4. The molecule has 0 radical (unpaired) electrons. The van der Waals surface area contributed by atoms with Gasteiger partial charge in [-0.05, 0) is 6.42 Å². The molecule has 0 saturated carbocycles.